The first kappa shape index (κ1) is 20.8. The molecule has 1 saturated carbocycles. The van der Waals surface area contributed by atoms with E-state index in [1.807, 2.05) is 18.2 Å². The van der Waals surface area contributed by atoms with E-state index >= 15 is 0 Å². The quantitative estimate of drug-likeness (QED) is 0.696. The van der Waals surface area contributed by atoms with Crippen molar-refractivity contribution < 1.29 is 13.6 Å². The molecule has 1 aromatic rings. The molecule has 3 atom stereocenters. The second-order valence-corrected chi connectivity index (χ2v) is 9.59. The van der Waals surface area contributed by atoms with E-state index in [4.69, 9.17) is 0 Å². The molecular weight excluding hydrogens is 370 g/mol. The first-order chi connectivity index (χ1) is 13.9. The molecule has 1 amide bonds. The normalized spacial score (nSPS) is 30.8. The molecule has 2 bridgehead atoms. The zero-order chi connectivity index (χ0) is 20.4. The van der Waals surface area contributed by atoms with E-state index in [1.54, 1.807) is 0 Å². The van der Waals surface area contributed by atoms with E-state index in [2.05, 4.69) is 29.3 Å². The molecule has 0 aromatic heterocycles. The Morgan fingerprint density at radius 2 is 1.72 bits per heavy atom. The van der Waals surface area contributed by atoms with Gasteiger partial charge in [-0.1, -0.05) is 37.3 Å². The summed E-state index contributed by atoms with van der Waals surface area (Å²) < 4.78 is 26.9. The van der Waals surface area contributed by atoms with E-state index in [1.165, 1.54) is 25.7 Å². The van der Waals surface area contributed by atoms with Gasteiger partial charge in [0, 0.05) is 37.4 Å². The van der Waals surface area contributed by atoms with Gasteiger partial charge < -0.3 is 5.32 Å². The van der Waals surface area contributed by atoms with E-state index in [-0.39, 0.29) is 43.6 Å². The van der Waals surface area contributed by atoms with E-state index in [0.29, 0.717) is 12.1 Å². The third-order valence-corrected chi connectivity index (χ3v) is 7.40. The number of carbonyl (C=O) groups is 1. The SMILES string of the molecule is CC1CC2CCC(C1)N2CC[C@H](NC(=O)C1CCC(F)(F)CC1)c1ccccc1. The third kappa shape index (κ3) is 4.99. The molecule has 2 heterocycles. The Kier molecular flexibility index (Phi) is 6.24. The van der Waals surface area contributed by atoms with Gasteiger partial charge in [0.1, 0.15) is 0 Å². The van der Waals surface area contributed by atoms with Crippen LogP contribution in [0.25, 0.3) is 0 Å². The summed E-state index contributed by atoms with van der Waals surface area (Å²) in [6, 6.07) is 11.4. The van der Waals surface area contributed by atoms with Gasteiger partial charge in [0.25, 0.3) is 0 Å². The molecule has 2 unspecified atom stereocenters. The lowest BCUT2D eigenvalue weighted by Crippen LogP contribution is -2.44. The molecule has 1 N–H and O–H groups in total. The predicted molar refractivity (Wildman–Crippen MR) is 111 cm³/mol. The number of fused-ring (bicyclic) bond motifs is 2. The first-order valence-corrected chi connectivity index (χ1v) is 11.4. The van der Waals surface area contributed by atoms with Crippen molar-refractivity contribution in [3.63, 3.8) is 0 Å². The number of rotatable bonds is 6. The maximum absolute atomic E-state index is 13.5. The fourth-order valence-corrected chi connectivity index (χ4v) is 5.79. The molecule has 3 nitrogen and oxygen atoms in total. The lowest BCUT2D eigenvalue weighted by Gasteiger charge is -2.38. The number of nitrogens with zero attached hydrogens (tertiary/aromatic N) is 1. The summed E-state index contributed by atoms with van der Waals surface area (Å²) in [5.74, 6) is -2.12. The number of piperidine rings is 1. The van der Waals surface area contributed by atoms with Gasteiger partial charge >= 0.3 is 0 Å². The monoisotopic (exact) mass is 404 g/mol. The summed E-state index contributed by atoms with van der Waals surface area (Å²) in [5, 5.41) is 3.22. The maximum Gasteiger partial charge on any atom is 0.248 e. The molecule has 3 fully saturated rings. The van der Waals surface area contributed by atoms with Gasteiger partial charge in [0.05, 0.1) is 6.04 Å². The number of carbonyl (C=O) groups excluding carboxylic acids is 1. The summed E-state index contributed by atoms with van der Waals surface area (Å²) in [5.41, 5.74) is 1.11. The number of amides is 1. The lowest BCUT2D eigenvalue weighted by atomic mass is 9.86. The molecule has 160 valence electrons. The zero-order valence-corrected chi connectivity index (χ0v) is 17.5. The Hall–Kier alpha value is -1.49. The molecule has 5 heteroatoms. The minimum atomic E-state index is -2.60. The predicted octanol–water partition coefficient (Wildman–Crippen LogP) is 5.32. The van der Waals surface area contributed by atoms with Crippen LogP contribution < -0.4 is 5.32 Å². The summed E-state index contributed by atoms with van der Waals surface area (Å²) in [7, 11) is 0. The molecule has 2 saturated heterocycles. The minimum absolute atomic E-state index is 0.0510. The highest BCUT2D eigenvalue weighted by molar-refractivity contribution is 5.79. The number of halogens is 2. The lowest BCUT2D eigenvalue weighted by molar-refractivity contribution is -0.130. The third-order valence-electron chi connectivity index (χ3n) is 7.40. The maximum atomic E-state index is 13.5. The van der Waals surface area contributed by atoms with E-state index in [9.17, 15) is 13.6 Å². The van der Waals surface area contributed by atoms with Crippen LogP contribution in [0, 0.1) is 11.8 Å². The smallest absolute Gasteiger partial charge is 0.248 e. The first-order valence-electron chi connectivity index (χ1n) is 11.4. The van der Waals surface area contributed by atoms with Crippen LogP contribution in [0.2, 0.25) is 0 Å². The van der Waals surface area contributed by atoms with Crippen LogP contribution >= 0.6 is 0 Å². The van der Waals surface area contributed by atoms with Gasteiger partial charge in [0.2, 0.25) is 11.8 Å². The van der Waals surface area contributed by atoms with Crippen LogP contribution in [0.4, 0.5) is 8.78 Å². The molecule has 2 aliphatic heterocycles. The summed E-state index contributed by atoms with van der Waals surface area (Å²) in [6.07, 6.45) is 6.28. The minimum Gasteiger partial charge on any atom is -0.349 e. The fraction of sp³-hybridized carbons (Fsp3) is 0.708. The highest BCUT2D eigenvalue weighted by Crippen LogP contribution is 2.39. The largest absolute Gasteiger partial charge is 0.349 e. The van der Waals surface area contributed by atoms with Crippen molar-refractivity contribution in [2.24, 2.45) is 11.8 Å². The van der Waals surface area contributed by atoms with Crippen LogP contribution in [0.1, 0.15) is 76.3 Å². The second-order valence-electron chi connectivity index (χ2n) is 9.59. The number of benzene rings is 1. The molecule has 1 aromatic carbocycles. The Labute approximate surface area is 173 Å². The average Bonchev–Trinajstić information content (AvgIpc) is 2.94. The van der Waals surface area contributed by atoms with E-state index in [0.717, 1.165) is 24.4 Å². The topological polar surface area (TPSA) is 32.3 Å². The van der Waals surface area contributed by atoms with Gasteiger partial charge in [-0.15, -0.1) is 0 Å². The van der Waals surface area contributed by atoms with Crippen molar-refractivity contribution in [1.29, 1.82) is 0 Å². The van der Waals surface area contributed by atoms with Crippen molar-refractivity contribution in [2.75, 3.05) is 6.54 Å². The van der Waals surface area contributed by atoms with Gasteiger partial charge in [-0.3, -0.25) is 9.69 Å². The van der Waals surface area contributed by atoms with Crippen molar-refractivity contribution in [1.82, 2.24) is 10.2 Å². The Balaban J connectivity index is 1.39. The molecule has 3 aliphatic rings. The summed E-state index contributed by atoms with van der Waals surface area (Å²) in [6.45, 7) is 3.36. The number of nitrogens with one attached hydrogen (secondary N) is 1. The molecule has 0 radical (unpaired) electrons. The highest BCUT2D eigenvalue weighted by Gasteiger charge is 2.40. The van der Waals surface area contributed by atoms with Crippen LogP contribution in [0.15, 0.2) is 30.3 Å². The zero-order valence-electron chi connectivity index (χ0n) is 17.5. The van der Waals surface area contributed by atoms with Crippen LogP contribution in [-0.4, -0.2) is 35.4 Å². The van der Waals surface area contributed by atoms with Crippen molar-refractivity contribution in [3.05, 3.63) is 35.9 Å². The average molecular weight is 405 g/mol. The summed E-state index contributed by atoms with van der Waals surface area (Å²) >= 11 is 0. The standard InChI is InChI=1S/C24H34F2N2O/c1-17-15-20-7-8-21(16-17)28(20)14-11-22(18-5-3-2-4-6-18)27-23(29)19-9-12-24(25,26)13-10-19/h2-6,17,19-22H,7-16H2,1H3,(H,27,29)/t17?,20?,21?,22-/m0/s1. The fourth-order valence-electron chi connectivity index (χ4n) is 5.79. The number of hydrogen-bond donors (Lipinski definition) is 1. The molecule has 29 heavy (non-hydrogen) atoms. The van der Waals surface area contributed by atoms with E-state index < -0.39 is 5.92 Å². The molecule has 0 spiro atoms. The van der Waals surface area contributed by atoms with Crippen LogP contribution in [0.5, 0.6) is 0 Å². The molecule has 4 rings (SSSR count). The van der Waals surface area contributed by atoms with Gasteiger partial charge in [-0.05, 0) is 56.4 Å². The Bertz CT molecular complexity index is 671. The van der Waals surface area contributed by atoms with Crippen LogP contribution in [-0.2, 0) is 4.79 Å². The van der Waals surface area contributed by atoms with Gasteiger partial charge in [0.15, 0.2) is 0 Å². The Morgan fingerprint density at radius 3 is 2.34 bits per heavy atom. The number of hydrogen-bond acceptors (Lipinski definition) is 2. The van der Waals surface area contributed by atoms with Gasteiger partial charge in [-0.2, -0.15) is 0 Å². The summed E-state index contributed by atoms with van der Waals surface area (Å²) in [4.78, 5) is 15.5. The number of alkyl halides is 2. The van der Waals surface area contributed by atoms with Crippen molar-refractivity contribution in [3.8, 4) is 0 Å². The van der Waals surface area contributed by atoms with Crippen molar-refractivity contribution in [2.45, 2.75) is 88.8 Å². The Morgan fingerprint density at radius 1 is 1.10 bits per heavy atom. The van der Waals surface area contributed by atoms with Gasteiger partial charge in [-0.25, -0.2) is 8.78 Å². The molecule has 1 aliphatic carbocycles. The van der Waals surface area contributed by atoms with Crippen LogP contribution in [0.3, 0.4) is 0 Å². The van der Waals surface area contributed by atoms with Crippen molar-refractivity contribution >= 4 is 5.91 Å². The highest BCUT2D eigenvalue weighted by atomic mass is 19.3. The second kappa shape index (κ2) is 8.71. The molecular formula is C24H34F2N2O.